The highest BCUT2D eigenvalue weighted by Crippen LogP contribution is 2.24. The van der Waals surface area contributed by atoms with Crippen LogP contribution in [0.4, 0.5) is 5.69 Å². The molecule has 0 fully saturated rings. The molecule has 0 aliphatic heterocycles. The van der Waals surface area contributed by atoms with E-state index in [1.807, 2.05) is 0 Å². The number of hydrogen-bond acceptors (Lipinski definition) is 4. The molecule has 0 atom stereocenters. The van der Waals surface area contributed by atoms with Gasteiger partial charge in [-0.2, -0.15) is 0 Å². The van der Waals surface area contributed by atoms with Crippen molar-refractivity contribution < 1.29 is 13.5 Å². The Balaban J connectivity index is 2.06. The normalized spacial score (nSPS) is 11.3. The van der Waals surface area contributed by atoms with Gasteiger partial charge in [-0.3, -0.25) is 0 Å². The molecule has 0 aromatic heterocycles. The molecule has 0 heterocycles. The molecule has 20 heavy (non-hydrogen) atoms. The van der Waals surface area contributed by atoms with Gasteiger partial charge >= 0.3 is 0 Å². The third-order valence-electron chi connectivity index (χ3n) is 2.69. The van der Waals surface area contributed by atoms with Gasteiger partial charge in [0.2, 0.25) is 10.0 Å². The maximum atomic E-state index is 11.1. The van der Waals surface area contributed by atoms with Crippen molar-refractivity contribution >= 4 is 27.3 Å². The number of benzene rings is 2. The molecule has 0 aliphatic rings. The zero-order chi connectivity index (χ0) is 14.8. The first-order chi connectivity index (χ1) is 9.36. The quantitative estimate of drug-likeness (QED) is 0.807. The maximum absolute atomic E-state index is 11.1. The minimum Gasteiger partial charge on any atom is -0.506 e. The Morgan fingerprint density at radius 2 is 1.80 bits per heavy atom. The molecule has 0 unspecified atom stereocenters. The van der Waals surface area contributed by atoms with Gasteiger partial charge < -0.3 is 10.4 Å². The molecule has 2 rings (SSSR count). The van der Waals surface area contributed by atoms with E-state index in [1.54, 1.807) is 24.3 Å². The Kier molecular flexibility index (Phi) is 4.17. The molecule has 4 N–H and O–H groups in total. The Morgan fingerprint density at radius 3 is 2.35 bits per heavy atom. The van der Waals surface area contributed by atoms with E-state index in [-0.39, 0.29) is 15.7 Å². The van der Waals surface area contributed by atoms with Crippen LogP contribution in [0.2, 0.25) is 5.02 Å². The van der Waals surface area contributed by atoms with Crippen LogP contribution in [0.25, 0.3) is 0 Å². The molecule has 0 amide bonds. The van der Waals surface area contributed by atoms with Crippen LogP contribution in [-0.4, -0.2) is 13.5 Å². The van der Waals surface area contributed by atoms with Gasteiger partial charge in [0.15, 0.2) is 0 Å². The van der Waals surface area contributed by atoms with Gasteiger partial charge in [-0.25, -0.2) is 13.6 Å². The third-order valence-corrected chi connectivity index (χ3v) is 3.92. The Labute approximate surface area is 122 Å². The van der Waals surface area contributed by atoms with Crippen LogP contribution in [0.1, 0.15) is 5.56 Å². The van der Waals surface area contributed by atoms with Gasteiger partial charge in [0.1, 0.15) is 5.75 Å². The average Bonchev–Trinajstić information content (AvgIpc) is 2.40. The number of hydrogen-bond donors (Lipinski definition) is 3. The predicted octanol–water partition coefficient (Wildman–Crippen LogP) is 2.31. The van der Waals surface area contributed by atoms with Crippen LogP contribution < -0.4 is 10.5 Å². The number of nitrogens with one attached hydrogen (secondary N) is 1. The lowest BCUT2D eigenvalue weighted by Crippen LogP contribution is -2.12. The average molecular weight is 313 g/mol. The number of anilines is 1. The lowest BCUT2D eigenvalue weighted by molar-refractivity contribution is 0.475. The summed E-state index contributed by atoms with van der Waals surface area (Å²) in [6.07, 6.45) is 0. The summed E-state index contributed by atoms with van der Waals surface area (Å²) in [7, 11) is -3.67. The lowest BCUT2D eigenvalue weighted by Gasteiger charge is -2.08. The summed E-state index contributed by atoms with van der Waals surface area (Å²) >= 11 is 5.81. The number of nitrogens with two attached hydrogens (primary N) is 1. The van der Waals surface area contributed by atoms with E-state index in [0.29, 0.717) is 6.54 Å². The van der Waals surface area contributed by atoms with E-state index in [0.717, 1.165) is 11.3 Å². The molecule has 0 saturated heterocycles. The second-order valence-corrected chi connectivity index (χ2v) is 6.18. The van der Waals surface area contributed by atoms with Crippen molar-refractivity contribution in [1.29, 1.82) is 0 Å². The van der Waals surface area contributed by atoms with E-state index in [1.165, 1.54) is 18.2 Å². The molecular formula is C13H13ClN2O3S. The minimum atomic E-state index is -3.67. The fourth-order valence-corrected chi connectivity index (χ4v) is 2.35. The summed E-state index contributed by atoms with van der Waals surface area (Å²) in [6, 6.07) is 11.0. The first-order valence-electron chi connectivity index (χ1n) is 5.70. The van der Waals surface area contributed by atoms with Crippen molar-refractivity contribution in [3.63, 3.8) is 0 Å². The van der Waals surface area contributed by atoms with Gasteiger partial charge in [0.05, 0.1) is 9.92 Å². The molecular weight excluding hydrogens is 300 g/mol. The summed E-state index contributed by atoms with van der Waals surface area (Å²) in [6.45, 7) is 0.495. The number of aromatic hydroxyl groups is 1. The van der Waals surface area contributed by atoms with Gasteiger partial charge in [-0.15, -0.1) is 0 Å². The summed E-state index contributed by atoms with van der Waals surface area (Å²) in [5, 5.41) is 17.7. The number of sulfonamides is 1. The Morgan fingerprint density at radius 1 is 1.15 bits per heavy atom. The van der Waals surface area contributed by atoms with Crippen LogP contribution >= 0.6 is 11.6 Å². The fraction of sp³-hybridized carbons (Fsp3) is 0.0769. The molecule has 2 aromatic rings. The molecule has 0 spiro atoms. The zero-order valence-electron chi connectivity index (χ0n) is 10.4. The molecule has 2 aromatic carbocycles. The number of phenolic OH excluding ortho intramolecular Hbond substituents is 1. The van der Waals surface area contributed by atoms with E-state index < -0.39 is 10.0 Å². The van der Waals surface area contributed by atoms with Crippen molar-refractivity contribution in [1.82, 2.24) is 0 Å². The Hall–Kier alpha value is -1.76. The number of primary sulfonamides is 1. The molecule has 7 heteroatoms. The van der Waals surface area contributed by atoms with Gasteiger partial charge in [0, 0.05) is 12.2 Å². The zero-order valence-corrected chi connectivity index (χ0v) is 11.9. The SMILES string of the molecule is NS(=O)(=O)c1ccc(NCc2ccc(O)c(Cl)c2)cc1. The largest absolute Gasteiger partial charge is 0.506 e. The monoisotopic (exact) mass is 312 g/mol. The highest BCUT2D eigenvalue weighted by molar-refractivity contribution is 7.89. The minimum absolute atomic E-state index is 0.0351. The van der Waals surface area contributed by atoms with Crippen molar-refractivity contribution in [2.45, 2.75) is 11.4 Å². The molecule has 0 bridgehead atoms. The van der Waals surface area contributed by atoms with Crippen LogP contribution in [0.15, 0.2) is 47.4 Å². The number of rotatable bonds is 4. The summed E-state index contributed by atoms with van der Waals surface area (Å²) in [5.41, 5.74) is 1.64. The molecule has 0 radical (unpaired) electrons. The molecule has 5 nitrogen and oxygen atoms in total. The van der Waals surface area contributed by atoms with Crippen molar-refractivity contribution in [3.05, 3.63) is 53.1 Å². The lowest BCUT2D eigenvalue weighted by atomic mass is 10.2. The Bertz CT molecular complexity index is 715. The predicted molar refractivity (Wildman–Crippen MR) is 78.3 cm³/mol. The van der Waals surface area contributed by atoms with E-state index in [9.17, 15) is 13.5 Å². The smallest absolute Gasteiger partial charge is 0.238 e. The molecule has 0 aliphatic carbocycles. The second kappa shape index (κ2) is 5.70. The van der Waals surface area contributed by atoms with Crippen LogP contribution in [0, 0.1) is 0 Å². The topological polar surface area (TPSA) is 92.4 Å². The molecule has 106 valence electrons. The van der Waals surface area contributed by atoms with Crippen molar-refractivity contribution in [2.75, 3.05) is 5.32 Å². The van der Waals surface area contributed by atoms with E-state index >= 15 is 0 Å². The molecule has 0 saturated carbocycles. The fourth-order valence-electron chi connectivity index (χ4n) is 1.63. The van der Waals surface area contributed by atoms with Crippen LogP contribution in [-0.2, 0) is 16.6 Å². The van der Waals surface area contributed by atoms with Gasteiger partial charge in [-0.1, -0.05) is 17.7 Å². The highest BCUT2D eigenvalue weighted by atomic mass is 35.5. The first kappa shape index (κ1) is 14.6. The number of phenols is 1. The van der Waals surface area contributed by atoms with Gasteiger partial charge in [-0.05, 0) is 42.0 Å². The van der Waals surface area contributed by atoms with Crippen molar-refractivity contribution in [2.24, 2.45) is 5.14 Å². The highest BCUT2D eigenvalue weighted by Gasteiger charge is 2.06. The van der Waals surface area contributed by atoms with Gasteiger partial charge in [0.25, 0.3) is 0 Å². The maximum Gasteiger partial charge on any atom is 0.238 e. The van der Waals surface area contributed by atoms with Crippen LogP contribution in [0.3, 0.4) is 0 Å². The van der Waals surface area contributed by atoms with E-state index in [4.69, 9.17) is 16.7 Å². The van der Waals surface area contributed by atoms with E-state index in [2.05, 4.69) is 5.32 Å². The number of halogens is 1. The summed E-state index contributed by atoms with van der Waals surface area (Å²) in [4.78, 5) is 0.0655. The summed E-state index contributed by atoms with van der Waals surface area (Å²) < 4.78 is 22.2. The van der Waals surface area contributed by atoms with Crippen molar-refractivity contribution in [3.8, 4) is 5.75 Å². The first-order valence-corrected chi connectivity index (χ1v) is 7.63. The summed E-state index contributed by atoms with van der Waals surface area (Å²) in [5.74, 6) is 0.0351. The third kappa shape index (κ3) is 3.63. The second-order valence-electron chi connectivity index (χ2n) is 4.21. The van der Waals surface area contributed by atoms with Crippen LogP contribution in [0.5, 0.6) is 5.75 Å². The standard InChI is InChI=1S/C13H13ClN2O3S/c14-12-7-9(1-6-13(12)17)8-16-10-2-4-11(5-3-10)20(15,18)19/h1-7,16-17H,8H2,(H2,15,18,19).